The Balaban J connectivity index is 3.11. The van der Waals surface area contributed by atoms with Crippen LogP contribution in [-0.4, -0.2) is 35.7 Å². The number of rotatable bonds is 28. The standard InChI is InChI=1S/C28H52I2O3/c29-23-19-15-11-7-3-1-5-9-13-17-21-25-31-27-33-28-32-26-22-18-14-10-6-2-4-8-12-16-20-24-30/h9-10,13-14H,1-8,11-12,15-28H2. The molecule has 3 nitrogen and oxygen atoms in total. The molecular formula is C28H52I2O3. The highest BCUT2D eigenvalue weighted by molar-refractivity contribution is 14.1. The van der Waals surface area contributed by atoms with Crippen LogP contribution in [0.15, 0.2) is 24.3 Å². The molecular weight excluding hydrogens is 638 g/mol. The summed E-state index contributed by atoms with van der Waals surface area (Å²) < 4.78 is 19.0. The number of unbranched alkanes of at least 4 members (excludes halogenated alkanes) is 14. The molecule has 0 aromatic heterocycles. The monoisotopic (exact) mass is 690 g/mol. The van der Waals surface area contributed by atoms with Crippen molar-refractivity contribution >= 4 is 45.2 Å². The van der Waals surface area contributed by atoms with E-state index in [1.54, 1.807) is 0 Å². The molecule has 0 rings (SSSR count). The maximum Gasteiger partial charge on any atom is 0.149 e. The second-order valence-corrected chi connectivity index (χ2v) is 10.8. The molecule has 0 aliphatic rings. The van der Waals surface area contributed by atoms with Crippen LogP contribution in [0.1, 0.15) is 116 Å². The van der Waals surface area contributed by atoms with Gasteiger partial charge < -0.3 is 14.2 Å². The van der Waals surface area contributed by atoms with Gasteiger partial charge in [-0.3, -0.25) is 0 Å². The second-order valence-electron chi connectivity index (χ2n) is 8.68. The molecule has 33 heavy (non-hydrogen) atoms. The van der Waals surface area contributed by atoms with Crippen molar-refractivity contribution in [1.82, 2.24) is 0 Å². The molecule has 0 heterocycles. The molecule has 0 atom stereocenters. The molecule has 0 aromatic rings. The molecule has 0 spiro atoms. The summed E-state index contributed by atoms with van der Waals surface area (Å²) >= 11 is 4.94. The third-order valence-electron chi connectivity index (χ3n) is 5.49. The average molecular weight is 691 g/mol. The Hall–Kier alpha value is 0.820. The van der Waals surface area contributed by atoms with Crippen molar-refractivity contribution in [3.8, 4) is 0 Å². The quantitative estimate of drug-likeness (QED) is 0.0269. The van der Waals surface area contributed by atoms with Crippen molar-refractivity contribution in [2.75, 3.05) is 35.7 Å². The second kappa shape index (κ2) is 32.8. The lowest BCUT2D eigenvalue weighted by atomic mass is 10.1. The largest absolute Gasteiger partial charge is 0.355 e. The smallest absolute Gasteiger partial charge is 0.149 e. The molecule has 0 saturated carbocycles. The van der Waals surface area contributed by atoms with Crippen LogP contribution >= 0.6 is 45.2 Å². The van der Waals surface area contributed by atoms with Gasteiger partial charge in [-0.2, -0.15) is 0 Å². The van der Waals surface area contributed by atoms with Crippen molar-refractivity contribution in [2.24, 2.45) is 0 Å². The topological polar surface area (TPSA) is 27.7 Å². The van der Waals surface area contributed by atoms with Gasteiger partial charge in [0.25, 0.3) is 0 Å². The minimum atomic E-state index is 0.333. The molecule has 0 radical (unpaired) electrons. The Kier molecular flexibility index (Phi) is 33.6. The Morgan fingerprint density at radius 1 is 0.364 bits per heavy atom. The zero-order valence-electron chi connectivity index (χ0n) is 21.3. The number of hydrogen-bond acceptors (Lipinski definition) is 3. The van der Waals surface area contributed by atoms with Crippen molar-refractivity contribution < 1.29 is 14.2 Å². The molecule has 0 aliphatic carbocycles. The van der Waals surface area contributed by atoms with Gasteiger partial charge in [0.15, 0.2) is 0 Å². The van der Waals surface area contributed by atoms with E-state index >= 15 is 0 Å². The van der Waals surface area contributed by atoms with E-state index < -0.39 is 0 Å². The molecule has 0 saturated heterocycles. The third-order valence-corrected chi connectivity index (χ3v) is 7.02. The van der Waals surface area contributed by atoms with E-state index in [-0.39, 0.29) is 0 Å². The van der Waals surface area contributed by atoms with Crippen LogP contribution in [-0.2, 0) is 14.2 Å². The summed E-state index contributed by atoms with van der Waals surface area (Å²) in [5.41, 5.74) is 0. The van der Waals surface area contributed by atoms with Crippen molar-refractivity contribution in [3.05, 3.63) is 24.3 Å². The first-order valence-electron chi connectivity index (χ1n) is 13.6. The fraction of sp³-hybridized carbons (Fsp3) is 0.857. The van der Waals surface area contributed by atoms with E-state index in [2.05, 4.69) is 69.5 Å². The lowest BCUT2D eigenvalue weighted by molar-refractivity contribution is -0.131. The lowest BCUT2D eigenvalue weighted by Gasteiger charge is -2.06. The summed E-state index contributed by atoms with van der Waals surface area (Å²) in [6, 6.07) is 0. The molecule has 0 amide bonds. The number of hydrogen-bond donors (Lipinski definition) is 0. The van der Waals surface area contributed by atoms with E-state index in [0.29, 0.717) is 13.6 Å². The summed E-state index contributed by atoms with van der Waals surface area (Å²) in [4.78, 5) is 0. The molecule has 5 heteroatoms. The summed E-state index contributed by atoms with van der Waals surface area (Å²) in [5, 5.41) is 0. The minimum Gasteiger partial charge on any atom is -0.355 e. The van der Waals surface area contributed by atoms with Gasteiger partial charge in [0.05, 0.1) is 0 Å². The van der Waals surface area contributed by atoms with Crippen molar-refractivity contribution in [2.45, 2.75) is 116 Å². The molecule has 0 bridgehead atoms. The van der Waals surface area contributed by atoms with Crippen LogP contribution in [0.4, 0.5) is 0 Å². The zero-order valence-corrected chi connectivity index (χ0v) is 25.6. The fourth-order valence-corrected chi connectivity index (χ4v) is 4.55. The SMILES string of the molecule is ICCCCCCCCC=CCCCOCOCOCCCC=CCCCCCCCCI. The van der Waals surface area contributed by atoms with E-state index in [1.165, 1.54) is 98.7 Å². The number of alkyl halides is 2. The highest BCUT2D eigenvalue weighted by Crippen LogP contribution is 2.10. The van der Waals surface area contributed by atoms with E-state index in [9.17, 15) is 0 Å². The highest BCUT2D eigenvalue weighted by Gasteiger charge is 1.93. The summed E-state index contributed by atoms with van der Waals surface area (Å²) in [6.45, 7) is 2.17. The van der Waals surface area contributed by atoms with Gasteiger partial charge in [0, 0.05) is 13.2 Å². The van der Waals surface area contributed by atoms with Crippen LogP contribution in [0.25, 0.3) is 0 Å². The Morgan fingerprint density at radius 2 is 0.697 bits per heavy atom. The van der Waals surface area contributed by atoms with Crippen molar-refractivity contribution in [3.63, 3.8) is 0 Å². The number of halogens is 2. The van der Waals surface area contributed by atoms with Gasteiger partial charge in [-0.25, -0.2) is 0 Å². The first kappa shape index (κ1) is 33.8. The zero-order chi connectivity index (χ0) is 23.9. The molecule has 0 unspecified atom stereocenters. The summed E-state index contributed by atoms with van der Waals surface area (Å²) in [5.74, 6) is 0. The van der Waals surface area contributed by atoms with E-state index in [4.69, 9.17) is 14.2 Å². The van der Waals surface area contributed by atoms with Crippen LogP contribution in [0.5, 0.6) is 0 Å². The average Bonchev–Trinajstić information content (AvgIpc) is 2.83. The number of allylic oxidation sites excluding steroid dienone is 4. The Bertz CT molecular complexity index is 367. The molecule has 0 aromatic carbocycles. The summed E-state index contributed by atoms with van der Waals surface area (Å²) in [6.07, 6.45) is 32.7. The number of ether oxygens (including phenoxy) is 3. The van der Waals surface area contributed by atoms with Crippen LogP contribution in [0.2, 0.25) is 0 Å². The van der Waals surface area contributed by atoms with Gasteiger partial charge in [-0.1, -0.05) is 121 Å². The third kappa shape index (κ3) is 32.8. The first-order valence-corrected chi connectivity index (χ1v) is 16.6. The normalized spacial score (nSPS) is 11.9. The summed E-state index contributed by atoms with van der Waals surface area (Å²) in [7, 11) is 0. The Morgan fingerprint density at radius 3 is 1.09 bits per heavy atom. The predicted octanol–water partition coefficient (Wildman–Crippen LogP) is 9.96. The van der Waals surface area contributed by atoms with E-state index in [0.717, 1.165) is 38.9 Å². The first-order chi connectivity index (χ1) is 16.4. The highest BCUT2D eigenvalue weighted by atomic mass is 127. The molecule has 0 fully saturated rings. The van der Waals surface area contributed by atoms with Crippen LogP contribution < -0.4 is 0 Å². The fourth-order valence-electron chi connectivity index (χ4n) is 3.48. The van der Waals surface area contributed by atoms with Gasteiger partial charge >= 0.3 is 0 Å². The van der Waals surface area contributed by atoms with E-state index in [1.807, 2.05) is 0 Å². The van der Waals surface area contributed by atoms with Crippen LogP contribution in [0, 0.1) is 0 Å². The molecule has 196 valence electrons. The molecule has 0 aliphatic heterocycles. The predicted molar refractivity (Wildman–Crippen MR) is 162 cm³/mol. The molecule has 0 N–H and O–H groups in total. The van der Waals surface area contributed by atoms with Gasteiger partial charge in [0.1, 0.15) is 13.6 Å². The minimum absolute atomic E-state index is 0.333. The maximum absolute atomic E-state index is 5.50. The lowest BCUT2D eigenvalue weighted by Crippen LogP contribution is -2.06. The van der Waals surface area contributed by atoms with Gasteiger partial charge in [-0.15, -0.1) is 0 Å². The van der Waals surface area contributed by atoms with Crippen LogP contribution in [0.3, 0.4) is 0 Å². The Labute approximate surface area is 233 Å². The maximum atomic E-state index is 5.50. The van der Waals surface area contributed by atoms with Crippen molar-refractivity contribution in [1.29, 1.82) is 0 Å². The van der Waals surface area contributed by atoms with Gasteiger partial charge in [0.2, 0.25) is 0 Å². The van der Waals surface area contributed by atoms with Gasteiger partial charge in [-0.05, 0) is 73.1 Å².